The van der Waals surface area contributed by atoms with Gasteiger partial charge in [0, 0.05) is 5.41 Å². The van der Waals surface area contributed by atoms with Gasteiger partial charge in [-0.25, -0.2) is 5.90 Å². The summed E-state index contributed by atoms with van der Waals surface area (Å²) in [6, 6.07) is 0. The molecule has 4 heteroatoms. The van der Waals surface area contributed by atoms with Crippen molar-refractivity contribution >= 4 is 0 Å². The molecule has 0 fully saturated rings. The number of hydrogen-bond acceptors (Lipinski definition) is 4. The van der Waals surface area contributed by atoms with E-state index in [1.807, 2.05) is 0 Å². The van der Waals surface area contributed by atoms with Gasteiger partial charge in [0.05, 0.1) is 19.8 Å². The summed E-state index contributed by atoms with van der Waals surface area (Å²) < 4.78 is 0. The fourth-order valence-corrected chi connectivity index (χ4v) is 0.342. The Hall–Kier alpha value is -0.160. The molecule has 0 amide bonds. The molecule has 0 spiro atoms. The van der Waals surface area contributed by atoms with Crippen molar-refractivity contribution in [3.8, 4) is 0 Å². The molecule has 56 valence electrons. The van der Waals surface area contributed by atoms with Crippen LogP contribution in [0.5, 0.6) is 0 Å². The Kier molecular flexibility index (Phi) is 3.72. The van der Waals surface area contributed by atoms with Crippen molar-refractivity contribution < 1.29 is 15.1 Å². The van der Waals surface area contributed by atoms with Crippen molar-refractivity contribution in [3.63, 3.8) is 0 Å². The van der Waals surface area contributed by atoms with E-state index >= 15 is 0 Å². The van der Waals surface area contributed by atoms with E-state index in [1.54, 1.807) is 6.92 Å². The van der Waals surface area contributed by atoms with E-state index in [1.165, 1.54) is 0 Å². The maximum atomic E-state index is 8.62. The molecule has 9 heavy (non-hydrogen) atoms. The van der Waals surface area contributed by atoms with Crippen LogP contribution in [0.1, 0.15) is 6.92 Å². The van der Waals surface area contributed by atoms with Crippen molar-refractivity contribution in [2.24, 2.45) is 11.3 Å². The summed E-state index contributed by atoms with van der Waals surface area (Å²) in [4.78, 5) is 4.27. The summed E-state index contributed by atoms with van der Waals surface area (Å²) in [5, 5.41) is 17.2. The minimum absolute atomic E-state index is 0.124. The largest absolute Gasteiger partial charge is 0.396 e. The molecule has 0 saturated carbocycles. The van der Waals surface area contributed by atoms with Gasteiger partial charge >= 0.3 is 0 Å². The molecule has 0 bridgehead atoms. The number of rotatable bonds is 4. The van der Waals surface area contributed by atoms with Crippen LogP contribution in [0.3, 0.4) is 0 Å². The van der Waals surface area contributed by atoms with Gasteiger partial charge in [0.15, 0.2) is 0 Å². The molecule has 0 aromatic rings. The average molecular weight is 135 g/mol. The highest BCUT2D eigenvalue weighted by atomic mass is 16.6. The number of nitrogens with two attached hydrogens (primary N) is 1. The van der Waals surface area contributed by atoms with Crippen LogP contribution < -0.4 is 5.90 Å². The van der Waals surface area contributed by atoms with Crippen LogP contribution in [0.15, 0.2) is 0 Å². The van der Waals surface area contributed by atoms with Crippen LogP contribution in [0.25, 0.3) is 0 Å². The van der Waals surface area contributed by atoms with E-state index < -0.39 is 5.41 Å². The zero-order valence-corrected chi connectivity index (χ0v) is 5.50. The van der Waals surface area contributed by atoms with Gasteiger partial charge in [-0.1, -0.05) is 6.92 Å². The van der Waals surface area contributed by atoms with Gasteiger partial charge in [0.1, 0.15) is 0 Å². The zero-order valence-electron chi connectivity index (χ0n) is 5.50. The SMILES string of the molecule is CC(CO)(CO)CON. The highest BCUT2D eigenvalue weighted by molar-refractivity contribution is 4.70. The predicted octanol–water partition coefficient (Wildman–Crippen LogP) is -1.13. The molecule has 0 unspecified atom stereocenters. The molecule has 0 aromatic heterocycles. The Morgan fingerprint density at radius 2 is 1.89 bits per heavy atom. The van der Waals surface area contributed by atoms with E-state index in [0.717, 1.165) is 0 Å². The Morgan fingerprint density at radius 3 is 2.00 bits per heavy atom. The van der Waals surface area contributed by atoms with Crippen molar-refractivity contribution in [1.29, 1.82) is 0 Å². The minimum Gasteiger partial charge on any atom is -0.396 e. The molecule has 0 heterocycles. The first-order chi connectivity index (χ1) is 4.18. The van der Waals surface area contributed by atoms with Gasteiger partial charge in [-0.05, 0) is 0 Å². The first-order valence-corrected chi connectivity index (χ1v) is 2.72. The Labute approximate surface area is 54.2 Å². The molecule has 0 saturated heterocycles. The second kappa shape index (κ2) is 3.79. The third-order valence-electron chi connectivity index (χ3n) is 1.20. The molecule has 0 rings (SSSR count). The standard InChI is InChI=1S/C5H13NO3/c1-5(2-7,3-8)4-9-6/h7-8H,2-4,6H2,1H3. The van der Waals surface area contributed by atoms with Crippen LogP contribution in [-0.4, -0.2) is 30.0 Å². The third-order valence-corrected chi connectivity index (χ3v) is 1.20. The van der Waals surface area contributed by atoms with Crippen molar-refractivity contribution in [2.75, 3.05) is 19.8 Å². The monoisotopic (exact) mass is 135 g/mol. The third kappa shape index (κ3) is 2.76. The Balaban J connectivity index is 3.62. The van der Waals surface area contributed by atoms with E-state index in [0.29, 0.717) is 0 Å². The van der Waals surface area contributed by atoms with Gasteiger partial charge in [0.25, 0.3) is 0 Å². The molecule has 0 radical (unpaired) electrons. The van der Waals surface area contributed by atoms with Crippen LogP contribution in [0, 0.1) is 5.41 Å². The maximum absolute atomic E-state index is 8.62. The summed E-state index contributed by atoms with van der Waals surface area (Å²) in [5.74, 6) is 4.74. The van der Waals surface area contributed by atoms with Gasteiger partial charge < -0.3 is 15.1 Å². The normalized spacial score (nSPS) is 12.0. The van der Waals surface area contributed by atoms with Crippen molar-refractivity contribution in [2.45, 2.75) is 6.92 Å². The van der Waals surface area contributed by atoms with E-state index in [4.69, 9.17) is 16.1 Å². The fourth-order valence-electron chi connectivity index (χ4n) is 0.342. The minimum atomic E-state index is -0.602. The van der Waals surface area contributed by atoms with Gasteiger partial charge in [-0.2, -0.15) is 0 Å². The summed E-state index contributed by atoms with van der Waals surface area (Å²) in [5.41, 5.74) is -0.602. The second-order valence-corrected chi connectivity index (χ2v) is 2.44. The summed E-state index contributed by atoms with van der Waals surface area (Å²) in [7, 11) is 0. The topological polar surface area (TPSA) is 75.7 Å². The average Bonchev–Trinajstić information content (AvgIpc) is 1.89. The lowest BCUT2D eigenvalue weighted by Gasteiger charge is -2.22. The number of hydrogen-bond donors (Lipinski definition) is 3. The maximum Gasteiger partial charge on any atom is 0.0776 e. The van der Waals surface area contributed by atoms with E-state index in [9.17, 15) is 0 Å². The highest BCUT2D eigenvalue weighted by Gasteiger charge is 2.21. The second-order valence-electron chi connectivity index (χ2n) is 2.44. The highest BCUT2D eigenvalue weighted by Crippen LogP contribution is 2.12. The summed E-state index contributed by atoms with van der Waals surface area (Å²) in [6.45, 7) is 1.60. The Bertz CT molecular complexity index is 72.6. The van der Waals surface area contributed by atoms with Gasteiger partial charge in [0.2, 0.25) is 0 Å². The van der Waals surface area contributed by atoms with Crippen LogP contribution in [-0.2, 0) is 4.84 Å². The fraction of sp³-hybridized carbons (Fsp3) is 1.00. The lowest BCUT2D eigenvalue weighted by molar-refractivity contribution is -0.0169. The zero-order chi connectivity index (χ0) is 7.33. The molecular weight excluding hydrogens is 122 g/mol. The van der Waals surface area contributed by atoms with Crippen LogP contribution in [0.4, 0.5) is 0 Å². The lowest BCUT2D eigenvalue weighted by Crippen LogP contribution is -2.32. The van der Waals surface area contributed by atoms with Crippen molar-refractivity contribution in [1.82, 2.24) is 0 Å². The molecular formula is C5H13NO3. The number of aliphatic hydroxyl groups excluding tert-OH is 2. The molecule has 0 aliphatic rings. The molecule has 4 N–H and O–H groups in total. The van der Waals surface area contributed by atoms with Crippen LogP contribution >= 0.6 is 0 Å². The predicted molar refractivity (Wildman–Crippen MR) is 32.4 cm³/mol. The van der Waals surface area contributed by atoms with Gasteiger partial charge in [-0.15, -0.1) is 0 Å². The molecule has 0 atom stereocenters. The van der Waals surface area contributed by atoms with Gasteiger partial charge in [-0.3, -0.25) is 0 Å². The van der Waals surface area contributed by atoms with E-state index in [-0.39, 0.29) is 19.8 Å². The molecule has 0 aromatic carbocycles. The molecule has 0 aliphatic heterocycles. The molecule has 4 nitrogen and oxygen atoms in total. The van der Waals surface area contributed by atoms with Crippen LogP contribution in [0.2, 0.25) is 0 Å². The molecule has 0 aliphatic carbocycles. The lowest BCUT2D eigenvalue weighted by atomic mass is 9.95. The summed E-state index contributed by atoms with van der Waals surface area (Å²) in [6.07, 6.45) is 0. The smallest absolute Gasteiger partial charge is 0.0776 e. The number of aliphatic hydroxyl groups is 2. The first-order valence-electron chi connectivity index (χ1n) is 2.72. The summed E-state index contributed by atoms with van der Waals surface area (Å²) >= 11 is 0. The quantitative estimate of drug-likeness (QED) is 0.426. The van der Waals surface area contributed by atoms with Crippen molar-refractivity contribution in [3.05, 3.63) is 0 Å². The first kappa shape index (κ1) is 8.84. The van der Waals surface area contributed by atoms with E-state index in [2.05, 4.69) is 4.84 Å². The Morgan fingerprint density at radius 1 is 1.44 bits per heavy atom.